The lowest BCUT2D eigenvalue weighted by atomic mass is 10.1. The largest absolute Gasteiger partial charge is 0.350 e. The van der Waals surface area contributed by atoms with E-state index < -0.39 is 5.91 Å². The van der Waals surface area contributed by atoms with Crippen LogP contribution in [0.15, 0.2) is 41.5 Å². The zero-order valence-corrected chi connectivity index (χ0v) is 10.0. The van der Waals surface area contributed by atoms with E-state index in [0.717, 1.165) is 6.20 Å². The van der Waals surface area contributed by atoms with Gasteiger partial charge in [0.25, 0.3) is 11.5 Å². The summed E-state index contributed by atoms with van der Waals surface area (Å²) >= 11 is 0. The summed E-state index contributed by atoms with van der Waals surface area (Å²) in [5, 5.41) is 2.60. The van der Waals surface area contributed by atoms with Crippen LogP contribution in [0.4, 0.5) is 4.39 Å². The molecule has 0 fully saturated rings. The topological polar surface area (TPSA) is 74.8 Å². The van der Waals surface area contributed by atoms with Crippen molar-refractivity contribution in [3.05, 3.63) is 64.1 Å². The van der Waals surface area contributed by atoms with Crippen molar-refractivity contribution in [2.24, 2.45) is 0 Å². The number of carbonyl (C=O) groups is 1. The number of benzene rings is 1. The van der Waals surface area contributed by atoms with Crippen LogP contribution in [0.2, 0.25) is 0 Å². The van der Waals surface area contributed by atoms with Crippen molar-refractivity contribution in [2.45, 2.75) is 6.42 Å². The fourth-order valence-electron chi connectivity index (χ4n) is 1.57. The van der Waals surface area contributed by atoms with Crippen molar-refractivity contribution in [3.8, 4) is 0 Å². The average molecular weight is 261 g/mol. The Kier molecular flexibility index (Phi) is 4.02. The van der Waals surface area contributed by atoms with Gasteiger partial charge in [0.15, 0.2) is 0 Å². The Balaban J connectivity index is 1.89. The highest BCUT2D eigenvalue weighted by Crippen LogP contribution is 2.06. The van der Waals surface area contributed by atoms with Crippen LogP contribution in [0.3, 0.4) is 0 Å². The van der Waals surface area contributed by atoms with Crippen LogP contribution in [0.1, 0.15) is 16.1 Å². The molecular weight excluding hydrogens is 249 g/mol. The number of H-pyrrole nitrogens is 1. The molecule has 0 bridgehead atoms. The van der Waals surface area contributed by atoms with Crippen LogP contribution in [-0.2, 0) is 6.42 Å². The van der Waals surface area contributed by atoms with Crippen molar-refractivity contribution >= 4 is 5.91 Å². The van der Waals surface area contributed by atoms with Crippen molar-refractivity contribution in [1.82, 2.24) is 15.3 Å². The number of carbonyl (C=O) groups excluding carboxylic acids is 1. The lowest BCUT2D eigenvalue weighted by molar-refractivity contribution is 0.0948. The molecule has 5 nitrogen and oxygen atoms in total. The summed E-state index contributed by atoms with van der Waals surface area (Å²) in [6.45, 7) is 0.292. The molecule has 2 rings (SSSR count). The molecule has 1 amide bonds. The van der Waals surface area contributed by atoms with Gasteiger partial charge in [0.2, 0.25) is 0 Å². The first-order valence-electron chi connectivity index (χ1n) is 5.73. The number of nitrogens with zero attached hydrogens (tertiary/aromatic N) is 1. The minimum atomic E-state index is -0.410. The van der Waals surface area contributed by atoms with Gasteiger partial charge in [0, 0.05) is 12.7 Å². The molecule has 0 radical (unpaired) electrons. The Morgan fingerprint density at radius 1 is 1.37 bits per heavy atom. The molecule has 2 N–H and O–H groups in total. The number of halogens is 1. The molecule has 0 saturated heterocycles. The van der Waals surface area contributed by atoms with Crippen molar-refractivity contribution in [3.63, 3.8) is 0 Å². The summed E-state index contributed by atoms with van der Waals surface area (Å²) < 4.78 is 13.3. The smallest absolute Gasteiger partial charge is 0.271 e. The van der Waals surface area contributed by atoms with Crippen LogP contribution in [0.5, 0.6) is 0 Å². The fourth-order valence-corrected chi connectivity index (χ4v) is 1.57. The quantitative estimate of drug-likeness (QED) is 0.858. The molecule has 0 saturated carbocycles. The highest BCUT2D eigenvalue weighted by molar-refractivity contribution is 5.91. The van der Waals surface area contributed by atoms with Gasteiger partial charge in [0.05, 0.1) is 6.20 Å². The van der Waals surface area contributed by atoms with Crippen LogP contribution >= 0.6 is 0 Å². The second-order valence-corrected chi connectivity index (χ2v) is 3.89. The molecule has 0 spiro atoms. The zero-order chi connectivity index (χ0) is 13.7. The Morgan fingerprint density at radius 3 is 2.84 bits per heavy atom. The molecule has 1 heterocycles. The normalized spacial score (nSPS) is 10.2. The van der Waals surface area contributed by atoms with Crippen molar-refractivity contribution < 1.29 is 9.18 Å². The van der Waals surface area contributed by atoms with Crippen LogP contribution in [0.25, 0.3) is 0 Å². The molecular formula is C13H12FN3O2. The second kappa shape index (κ2) is 5.90. The Morgan fingerprint density at radius 2 is 2.16 bits per heavy atom. The number of aromatic amines is 1. The molecule has 0 unspecified atom stereocenters. The molecule has 19 heavy (non-hydrogen) atoms. The van der Waals surface area contributed by atoms with E-state index in [9.17, 15) is 14.0 Å². The van der Waals surface area contributed by atoms with E-state index in [-0.39, 0.29) is 17.1 Å². The van der Waals surface area contributed by atoms with Gasteiger partial charge in [-0.2, -0.15) is 0 Å². The predicted octanol–water partition coefficient (Wildman–Crippen LogP) is 0.881. The first kappa shape index (κ1) is 12.9. The summed E-state index contributed by atoms with van der Waals surface area (Å²) in [7, 11) is 0. The third-order valence-electron chi connectivity index (χ3n) is 2.54. The summed E-state index contributed by atoms with van der Waals surface area (Å²) in [6, 6.07) is 6.39. The number of rotatable bonds is 4. The number of amides is 1. The van der Waals surface area contributed by atoms with E-state index in [2.05, 4.69) is 15.3 Å². The van der Waals surface area contributed by atoms with Gasteiger partial charge in [-0.3, -0.25) is 9.59 Å². The standard InChI is InChI=1S/C13H12FN3O2/c14-10-4-2-1-3-9(10)5-6-15-13(19)11-7-17-12(18)8-16-11/h1-4,7-8H,5-6H2,(H,15,19)(H,17,18). The molecule has 0 atom stereocenters. The Hall–Kier alpha value is -2.50. The fraction of sp³-hybridized carbons (Fsp3) is 0.154. The second-order valence-electron chi connectivity index (χ2n) is 3.89. The van der Waals surface area contributed by atoms with Gasteiger partial charge >= 0.3 is 0 Å². The van der Waals surface area contributed by atoms with Crippen molar-refractivity contribution in [1.29, 1.82) is 0 Å². The first-order chi connectivity index (χ1) is 9.16. The Bertz CT molecular complexity index is 619. The average Bonchev–Trinajstić information content (AvgIpc) is 2.41. The monoisotopic (exact) mass is 261 g/mol. The van der Waals surface area contributed by atoms with E-state index in [1.54, 1.807) is 18.2 Å². The molecule has 2 aromatic rings. The maximum absolute atomic E-state index is 13.3. The zero-order valence-electron chi connectivity index (χ0n) is 10.0. The van der Waals surface area contributed by atoms with E-state index in [4.69, 9.17) is 0 Å². The lowest BCUT2D eigenvalue weighted by Gasteiger charge is -2.05. The summed E-state index contributed by atoms with van der Waals surface area (Å²) in [5.41, 5.74) is 0.285. The molecule has 0 aliphatic carbocycles. The molecule has 1 aromatic heterocycles. The summed E-state index contributed by atoms with van der Waals surface area (Å²) in [6.07, 6.45) is 2.66. The maximum atomic E-state index is 13.3. The van der Waals surface area contributed by atoms with Crippen molar-refractivity contribution in [2.75, 3.05) is 6.54 Å². The minimum absolute atomic E-state index is 0.119. The maximum Gasteiger partial charge on any atom is 0.271 e. The SMILES string of the molecule is O=C(NCCc1ccccc1F)c1c[nH]c(=O)cn1. The van der Waals surface area contributed by atoms with E-state index in [1.807, 2.05) is 0 Å². The third kappa shape index (κ3) is 3.48. The first-order valence-corrected chi connectivity index (χ1v) is 5.73. The molecule has 0 aliphatic heterocycles. The van der Waals surface area contributed by atoms with Gasteiger partial charge in [-0.05, 0) is 18.1 Å². The number of hydrogen-bond acceptors (Lipinski definition) is 3. The van der Waals surface area contributed by atoms with Gasteiger partial charge in [-0.15, -0.1) is 0 Å². The van der Waals surface area contributed by atoms with Gasteiger partial charge < -0.3 is 10.3 Å². The third-order valence-corrected chi connectivity index (χ3v) is 2.54. The predicted molar refractivity (Wildman–Crippen MR) is 67.3 cm³/mol. The number of aromatic nitrogens is 2. The van der Waals surface area contributed by atoms with E-state index >= 15 is 0 Å². The molecule has 6 heteroatoms. The summed E-state index contributed by atoms with van der Waals surface area (Å²) in [4.78, 5) is 28.5. The van der Waals surface area contributed by atoms with Gasteiger partial charge in [-0.25, -0.2) is 9.37 Å². The van der Waals surface area contributed by atoms with Crippen LogP contribution in [-0.4, -0.2) is 22.4 Å². The molecule has 0 aliphatic rings. The van der Waals surface area contributed by atoms with Crippen LogP contribution in [0, 0.1) is 5.82 Å². The number of hydrogen-bond donors (Lipinski definition) is 2. The van der Waals surface area contributed by atoms with E-state index in [0.29, 0.717) is 18.5 Å². The van der Waals surface area contributed by atoms with Gasteiger partial charge in [0.1, 0.15) is 11.5 Å². The summed E-state index contributed by atoms with van der Waals surface area (Å²) in [5.74, 6) is -0.702. The highest BCUT2D eigenvalue weighted by atomic mass is 19.1. The van der Waals surface area contributed by atoms with E-state index in [1.165, 1.54) is 12.3 Å². The number of nitrogens with one attached hydrogen (secondary N) is 2. The highest BCUT2D eigenvalue weighted by Gasteiger charge is 2.07. The minimum Gasteiger partial charge on any atom is -0.350 e. The van der Waals surface area contributed by atoms with Crippen LogP contribution < -0.4 is 10.9 Å². The molecule has 1 aromatic carbocycles. The lowest BCUT2D eigenvalue weighted by Crippen LogP contribution is -2.27. The molecule has 98 valence electrons. The van der Waals surface area contributed by atoms with Gasteiger partial charge in [-0.1, -0.05) is 18.2 Å². The Labute approximate surface area is 108 Å².